The maximum atomic E-state index is 13.4. The third kappa shape index (κ3) is 6.10. The number of hydrogen-bond acceptors (Lipinski definition) is 5. The zero-order chi connectivity index (χ0) is 23.8. The fourth-order valence-corrected chi connectivity index (χ4v) is 3.70. The van der Waals surface area contributed by atoms with Crippen LogP contribution in [-0.4, -0.2) is 68.0 Å². The quantitative estimate of drug-likeness (QED) is 0.632. The summed E-state index contributed by atoms with van der Waals surface area (Å²) >= 11 is 0. The molecule has 1 atom stereocenters. The summed E-state index contributed by atoms with van der Waals surface area (Å²) in [5.41, 5.74) is 3.90. The van der Waals surface area contributed by atoms with E-state index in [-0.39, 0.29) is 24.5 Å². The second kappa shape index (κ2) is 11.5. The number of methoxy groups -OCH3 is 2. The highest BCUT2D eigenvalue weighted by Gasteiger charge is 2.34. The van der Waals surface area contributed by atoms with Crippen molar-refractivity contribution in [1.29, 1.82) is 0 Å². The van der Waals surface area contributed by atoms with Crippen molar-refractivity contribution < 1.29 is 19.1 Å². The number of hydrazone groups is 1. The lowest BCUT2D eigenvalue weighted by Crippen LogP contribution is -2.47. The topological polar surface area (TPSA) is 83.5 Å². The van der Waals surface area contributed by atoms with Crippen molar-refractivity contribution in [3.63, 3.8) is 0 Å². The number of rotatable bonds is 9. The van der Waals surface area contributed by atoms with E-state index in [9.17, 15) is 9.59 Å². The standard InChI is InChI=1S/C25H32N4O4/c1-5-26-25(31)28(14-15-32-3)17-24(30)29-23(20-8-6-18(2)7-9-20)16-22(27-29)19-10-12-21(33-4)13-11-19/h6-13,23H,5,14-17H2,1-4H3,(H,26,31)/t23-/m1/s1. The molecule has 1 heterocycles. The molecule has 1 aliphatic rings. The molecule has 0 spiro atoms. The molecule has 3 rings (SSSR count). The van der Waals surface area contributed by atoms with Crippen LogP contribution in [0.2, 0.25) is 0 Å². The minimum absolute atomic E-state index is 0.0864. The summed E-state index contributed by atoms with van der Waals surface area (Å²) in [5, 5.41) is 8.98. The monoisotopic (exact) mass is 452 g/mol. The molecule has 0 fully saturated rings. The first-order valence-electron chi connectivity index (χ1n) is 11.1. The Kier molecular flexibility index (Phi) is 8.43. The Bertz CT molecular complexity index is 973. The third-order valence-electron chi connectivity index (χ3n) is 5.56. The summed E-state index contributed by atoms with van der Waals surface area (Å²) in [6, 6.07) is 15.2. The van der Waals surface area contributed by atoms with Crippen molar-refractivity contribution in [2.75, 3.05) is 40.5 Å². The predicted molar refractivity (Wildman–Crippen MR) is 127 cm³/mol. The minimum Gasteiger partial charge on any atom is -0.497 e. The van der Waals surface area contributed by atoms with Gasteiger partial charge in [0.25, 0.3) is 5.91 Å². The first-order valence-corrected chi connectivity index (χ1v) is 11.1. The molecule has 33 heavy (non-hydrogen) atoms. The molecule has 0 aromatic heterocycles. The molecule has 3 amide bonds. The molecule has 176 valence electrons. The fourth-order valence-electron chi connectivity index (χ4n) is 3.70. The van der Waals surface area contributed by atoms with E-state index >= 15 is 0 Å². The molecule has 8 heteroatoms. The number of urea groups is 1. The predicted octanol–water partition coefficient (Wildman–Crippen LogP) is 3.36. The highest BCUT2D eigenvalue weighted by atomic mass is 16.5. The Balaban J connectivity index is 1.88. The largest absolute Gasteiger partial charge is 0.497 e. The van der Waals surface area contributed by atoms with Gasteiger partial charge in [0.05, 0.1) is 25.5 Å². The molecular weight excluding hydrogens is 420 g/mol. The minimum atomic E-state index is -0.298. The summed E-state index contributed by atoms with van der Waals surface area (Å²) in [4.78, 5) is 27.3. The maximum absolute atomic E-state index is 13.4. The SMILES string of the molecule is CCNC(=O)N(CCOC)CC(=O)N1N=C(c2ccc(OC)cc2)C[C@@H]1c1ccc(C)cc1. The van der Waals surface area contributed by atoms with Crippen LogP contribution in [0.15, 0.2) is 53.6 Å². The van der Waals surface area contributed by atoms with E-state index in [1.54, 1.807) is 14.2 Å². The van der Waals surface area contributed by atoms with Gasteiger partial charge in [-0.1, -0.05) is 29.8 Å². The van der Waals surface area contributed by atoms with Gasteiger partial charge in [-0.05, 0) is 49.2 Å². The average molecular weight is 453 g/mol. The number of carbonyl (C=O) groups is 2. The van der Waals surface area contributed by atoms with Gasteiger partial charge < -0.3 is 19.7 Å². The van der Waals surface area contributed by atoms with Crippen LogP contribution in [0.5, 0.6) is 5.75 Å². The Hall–Kier alpha value is -3.39. The van der Waals surface area contributed by atoms with Crippen molar-refractivity contribution in [2.45, 2.75) is 26.3 Å². The Morgan fingerprint density at radius 3 is 2.42 bits per heavy atom. The number of carbonyl (C=O) groups excluding carboxylic acids is 2. The zero-order valence-corrected chi connectivity index (χ0v) is 19.7. The van der Waals surface area contributed by atoms with Crippen LogP contribution in [-0.2, 0) is 9.53 Å². The molecule has 8 nitrogen and oxygen atoms in total. The van der Waals surface area contributed by atoms with E-state index in [1.165, 1.54) is 9.91 Å². The normalized spacial score (nSPS) is 15.2. The second-order valence-corrected chi connectivity index (χ2v) is 7.89. The lowest BCUT2D eigenvalue weighted by Gasteiger charge is -2.27. The van der Waals surface area contributed by atoms with Crippen molar-refractivity contribution in [3.05, 3.63) is 65.2 Å². The van der Waals surface area contributed by atoms with Gasteiger partial charge in [-0.3, -0.25) is 4.79 Å². The van der Waals surface area contributed by atoms with Gasteiger partial charge in [0.15, 0.2) is 0 Å². The molecule has 0 saturated carbocycles. The molecule has 0 saturated heterocycles. The highest BCUT2D eigenvalue weighted by Crippen LogP contribution is 2.33. The summed E-state index contributed by atoms with van der Waals surface area (Å²) in [7, 11) is 3.19. The number of hydrogen-bond donors (Lipinski definition) is 1. The van der Waals surface area contributed by atoms with Crippen LogP contribution in [0.3, 0.4) is 0 Å². The first kappa shape index (κ1) is 24.3. The van der Waals surface area contributed by atoms with Crippen molar-refractivity contribution in [3.8, 4) is 5.75 Å². The van der Waals surface area contributed by atoms with Gasteiger partial charge in [0, 0.05) is 26.6 Å². The summed E-state index contributed by atoms with van der Waals surface area (Å²) in [5.74, 6) is 0.516. The molecule has 0 unspecified atom stereocenters. The summed E-state index contributed by atoms with van der Waals surface area (Å²) < 4.78 is 10.4. The van der Waals surface area contributed by atoms with Crippen molar-refractivity contribution in [2.24, 2.45) is 5.10 Å². The zero-order valence-electron chi connectivity index (χ0n) is 19.7. The van der Waals surface area contributed by atoms with Gasteiger partial charge in [-0.25, -0.2) is 9.80 Å². The van der Waals surface area contributed by atoms with E-state index in [2.05, 4.69) is 5.32 Å². The molecule has 1 aliphatic heterocycles. The van der Waals surface area contributed by atoms with E-state index in [0.717, 1.165) is 28.2 Å². The van der Waals surface area contributed by atoms with Gasteiger partial charge >= 0.3 is 6.03 Å². The summed E-state index contributed by atoms with van der Waals surface area (Å²) in [6.07, 6.45) is 0.584. The molecular formula is C25H32N4O4. The number of benzene rings is 2. The number of ether oxygens (including phenoxy) is 2. The Labute approximate surface area is 195 Å². The van der Waals surface area contributed by atoms with E-state index < -0.39 is 0 Å². The molecule has 2 aromatic rings. The molecule has 2 aromatic carbocycles. The second-order valence-electron chi connectivity index (χ2n) is 7.89. The fraction of sp³-hybridized carbons (Fsp3) is 0.400. The van der Waals surface area contributed by atoms with Crippen molar-refractivity contribution in [1.82, 2.24) is 15.2 Å². The van der Waals surface area contributed by atoms with Gasteiger partial charge in [0.1, 0.15) is 12.3 Å². The molecule has 0 aliphatic carbocycles. The number of aryl methyl sites for hydroxylation is 1. The third-order valence-corrected chi connectivity index (χ3v) is 5.56. The lowest BCUT2D eigenvalue weighted by atomic mass is 9.97. The number of amides is 3. The highest BCUT2D eigenvalue weighted by molar-refractivity contribution is 6.03. The molecule has 0 bridgehead atoms. The number of nitrogens with zero attached hydrogens (tertiary/aromatic N) is 3. The van der Waals surface area contributed by atoms with Gasteiger partial charge in [-0.15, -0.1) is 0 Å². The first-order chi connectivity index (χ1) is 16.0. The van der Waals surface area contributed by atoms with E-state index in [0.29, 0.717) is 26.1 Å². The van der Waals surface area contributed by atoms with E-state index in [1.807, 2.05) is 62.4 Å². The Morgan fingerprint density at radius 1 is 1.12 bits per heavy atom. The van der Waals surface area contributed by atoms with Crippen molar-refractivity contribution >= 4 is 17.6 Å². The van der Waals surface area contributed by atoms with Crippen LogP contribution in [0.4, 0.5) is 4.79 Å². The number of nitrogens with one attached hydrogen (secondary N) is 1. The maximum Gasteiger partial charge on any atom is 0.317 e. The Morgan fingerprint density at radius 2 is 1.82 bits per heavy atom. The lowest BCUT2D eigenvalue weighted by molar-refractivity contribution is -0.133. The van der Waals surface area contributed by atoms with Crippen LogP contribution in [0.25, 0.3) is 0 Å². The van der Waals surface area contributed by atoms with Crippen LogP contribution in [0, 0.1) is 6.92 Å². The van der Waals surface area contributed by atoms with Crippen LogP contribution < -0.4 is 10.1 Å². The van der Waals surface area contributed by atoms with E-state index in [4.69, 9.17) is 14.6 Å². The van der Waals surface area contributed by atoms with Gasteiger partial charge in [0.2, 0.25) is 0 Å². The molecule has 1 N–H and O–H groups in total. The molecule has 0 radical (unpaired) electrons. The van der Waals surface area contributed by atoms with Crippen LogP contribution >= 0.6 is 0 Å². The summed E-state index contributed by atoms with van der Waals surface area (Å²) in [6.45, 7) is 4.91. The smallest absolute Gasteiger partial charge is 0.317 e. The average Bonchev–Trinajstić information content (AvgIpc) is 3.28. The van der Waals surface area contributed by atoms with Gasteiger partial charge in [-0.2, -0.15) is 5.10 Å². The van der Waals surface area contributed by atoms with Crippen LogP contribution in [0.1, 0.15) is 36.1 Å².